The lowest BCUT2D eigenvalue weighted by molar-refractivity contribution is -0.138. The third kappa shape index (κ3) is 1.91. The van der Waals surface area contributed by atoms with Crippen molar-refractivity contribution in [2.24, 2.45) is 5.92 Å². The van der Waals surface area contributed by atoms with Gasteiger partial charge in [0.25, 0.3) is 0 Å². The Bertz CT molecular complexity index is 431. The standard InChI is InChI=1S/C14H14O2/c1-3-12-10(2)16-14(15)13(12)9-11-7-5-4-6-8-11/h3-10,12H,1H2,2H3/t10-,12-/m0/s1. The van der Waals surface area contributed by atoms with Crippen LogP contribution in [0.25, 0.3) is 6.08 Å². The van der Waals surface area contributed by atoms with Crippen molar-refractivity contribution in [1.82, 2.24) is 0 Å². The Balaban J connectivity index is 2.36. The van der Waals surface area contributed by atoms with Crippen LogP contribution < -0.4 is 0 Å². The quantitative estimate of drug-likeness (QED) is 0.430. The highest BCUT2D eigenvalue weighted by Gasteiger charge is 2.34. The molecule has 2 nitrogen and oxygen atoms in total. The largest absolute Gasteiger partial charge is 0.458 e. The zero-order valence-corrected chi connectivity index (χ0v) is 9.22. The summed E-state index contributed by atoms with van der Waals surface area (Å²) in [4.78, 5) is 11.6. The van der Waals surface area contributed by atoms with Crippen LogP contribution in [-0.4, -0.2) is 12.1 Å². The molecule has 0 N–H and O–H groups in total. The molecule has 2 atom stereocenters. The van der Waals surface area contributed by atoms with Crippen LogP contribution >= 0.6 is 0 Å². The van der Waals surface area contributed by atoms with Crippen LogP contribution in [0.4, 0.5) is 0 Å². The van der Waals surface area contributed by atoms with Gasteiger partial charge in [0.05, 0.1) is 0 Å². The molecule has 1 aromatic rings. The maximum atomic E-state index is 11.6. The minimum absolute atomic E-state index is 0.00675. The molecule has 0 saturated carbocycles. The zero-order valence-electron chi connectivity index (χ0n) is 9.22. The lowest BCUT2D eigenvalue weighted by Gasteiger charge is -2.06. The monoisotopic (exact) mass is 214 g/mol. The zero-order chi connectivity index (χ0) is 11.5. The van der Waals surface area contributed by atoms with E-state index in [2.05, 4.69) is 6.58 Å². The van der Waals surface area contributed by atoms with Gasteiger partial charge < -0.3 is 4.74 Å². The van der Waals surface area contributed by atoms with Gasteiger partial charge in [-0.3, -0.25) is 0 Å². The van der Waals surface area contributed by atoms with E-state index in [4.69, 9.17) is 4.74 Å². The molecule has 1 heterocycles. The third-order valence-corrected chi connectivity index (χ3v) is 2.77. The molecule has 2 heteroatoms. The SMILES string of the molecule is C=C[C@@H]1C(=Cc2ccccc2)C(=O)O[C@H]1C. The number of ether oxygens (including phenoxy) is 1. The average Bonchev–Trinajstić information content (AvgIpc) is 2.55. The summed E-state index contributed by atoms with van der Waals surface area (Å²) in [5, 5.41) is 0. The van der Waals surface area contributed by atoms with E-state index in [1.54, 1.807) is 6.08 Å². The molecule has 0 unspecified atom stereocenters. The second kappa shape index (κ2) is 4.35. The molecule has 0 spiro atoms. The van der Waals surface area contributed by atoms with E-state index in [-0.39, 0.29) is 18.0 Å². The first-order valence-electron chi connectivity index (χ1n) is 5.32. The molecular weight excluding hydrogens is 200 g/mol. The van der Waals surface area contributed by atoms with Gasteiger partial charge in [0.15, 0.2) is 0 Å². The van der Waals surface area contributed by atoms with E-state index in [1.165, 1.54) is 0 Å². The number of rotatable bonds is 2. The fraction of sp³-hybridized carbons (Fsp3) is 0.214. The minimum atomic E-state index is -0.235. The van der Waals surface area contributed by atoms with Crippen LogP contribution in [0.3, 0.4) is 0 Å². The fourth-order valence-corrected chi connectivity index (χ4v) is 1.90. The first-order valence-corrected chi connectivity index (χ1v) is 5.32. The van der Waals surface area contributed by atoms with E-state index >= 15 is 0 Å². The minimum Gasteiger partial charge on any atom is -0.458 e. The smallest absolute Gasteiger partial charge is 0.335 e. The average molecular weight is 214 g/mol. The van der Waals surface area contributed by atoms with Gasteiger partial charge >= 0.3 is 5.97 Å². The van der Waals surface area contributed by atoms with Crippen molar-refractivity contribution in [3.63, 3.8) is 0 Å². The number of esters is 1. The highest BCUT2D eigenvalue weighted by Crippen LogP contribution is 2.29. The molecule has 16 heavy (non-hydrogen) atoms. The Kier molecular flexibility index (Phi) is 2.91. The Morgan fingerprint density at radius 1 is 1.31 bits per heavy atom. The molecule has 0 radical (unpaired) electrons. The van der Waals surface area contributed by atoms with Gasteiger partial charge in [-0.15, -0.1) is 6.58 Å². The van der Waals surface area contributed by atoms with Crippen LogP contribution in [0.15, 0.2) is 48.6 Å². The molecule has 1 aliphatic heterocycles. The number of cyclic esters (lactones) is 1. The number of hydrogen-bond acceptors (Lipinski definition) is 2. The van der Waals surface area contributed by atoms with Crippen LogP contribution in [0.1, 0.15) is 12.5 Å². The van der Waals surface area contributed by atoms with E-state index in [9.17, 15) is 4.79 Å². The number of benzene rings is 1. The van der Waals surface area contributed by atoms with Crippen LogP contribution in [-0.2, 0) is 9.53 Å². The van der Waals surface area contributed by atoms with Crippen LogP contribution in [0.5, 0.6) is 0 Å². The Hall–Kier alpha value is -1.83. The van der Waals surface area contributed by atoms with Gasteiger partial charge in [0.2, 0.25) is 0 Å². The molecule has 1 aliphatic rings. The third-order valence-electron chi connectivity index (χ3n) is 2.77. The number of carbonyl (C=O) groups is 1. The van der Waals surface area contributed by atoms with Crippen molar-refractivity contribution in [3.8, 4) is 0 Å². The second-order valence-corrected chi connectivity index (χ2v) is 3.88. The van der Waals surface area contributed by atoms with Crippen molar-refractivity contribution in [2.75, 3.05) is 0 Å². The normalized spacial score (nSPS) is 26.8. The van der Waals surface area contributed by atoms with E-state index < -0.39 is 0 Å². The van der Waals surface area contributed by atoms with Gasteiger partial charge in [-0.1, -0.05) is 36.4 Å². The summed E-state index contributed by atoms with van der Waals surface area (Å²) in [5.41, 5.74) is 1.70. The highest BCUT2D eigenvalue weighted by molar-refractivity contribution is 5.96. The molecule has 82 valence electrons. The van der Waals surface area contributed by atoms with Gasteiger partial charge in [-0.25, -0.2) is 4.79 Å². The summed E-state index contributed by atoms with van der Waals surface area (Å²) in [6.45, 7) is 5.63. The lowest BCUT2D eigenvalue weighted by atomic mass is 9.95. The summed E-state index contributed by atoms with van der Waals surface area (Å²) >= 11 is 0. The van der Waals surface area contributed by atoms with Crippen molar-refractivity contribution < 1.29 is 9.53 Å². The van der Waals surface area contributed by atoms with Crippen molar-refractivity contribution in [1.29, 1.82) is 0 Å². The van der Waals surface area contributed by atoms with Gasteiger partial charge in [0, 0.05) is 11.5 Å². The molecule has 1 saturated heterocycles. The molecule has 1 fully saturated rings. The van der Waals surface area contributed by atoms with E-state index in [0.717, 1.165) is 5.56 Å². The molecule has 0 bridgehead atoms. The number of carbonyl (C=O) groups excluding carboxylic acids is 1. The summed E-state index contributed by atoms with van der Waals surface area (Å²) in [5.74, 6) is -0.242. The topological polar surface area (TPSA) is 26.3 Å². The van der Waals surface area contributed by atoms with Crippen LogP contribution in [0.2, 0.25) is 0 Å². The Morgan fingerprint density at radius 2 is 2.00 bits per heavy atom. The summed E-state index contributed by atoms with van der Waals surface area (Å²) in [6, 6.07) is 9.76. The molecule has 0 aliphatic carbocycles. The molecule has 0 aromatic heterocycles. The predicted octanol–water partition coefficient (Wildman–Crippen LogP) is 2.82. The van der Waals surface area contributed by atoms with Crippen molar-refractivity contribution in [3.05, 3.63) is 54.1 Å². The summed E-state index contributed by atoms with van der Waals surface area (Å²) in [6.07, 6.45) is 3.53. The van der Waals surface area contributed by atoms with E-state index in [1.807, 2.05) is 43.3 Å². The Labute approximate surface area is 95.2 Å². The Morgan fingerprint density at radius 3 is 2.62 bits per heavy atom. The second-order valence-electron chi connectivity index (χ2n) is 3.88. The molecule has 2 rings (SSSR count). The van der Waals surface area contributed by atoms with Gasteiger partial charge in [-0.05, 0) is 18.6 Å². The maximum Gasteiger partial charge on any atom is 0.335 e. The fourth-order valence-electron chi connectivity index (χ4n) is 1.90. The summed E-state index contributed by atoms with van der Waals surface area (Å²) < 4.78 is 5.17. The lowest BCUT2D eigenvalue weighted by Crippen LogP contribution is -2.08. The predicted molar refractivity (Wildman–Crippen MR) is 63.7 cm³/mol. The first kappa shape index (κ1) is 10.7. The number of hydrogen-bond donors (Lipinski definition) is 0. The highest BCUT2D eigenvalue weighted by atomic mass is 16.5. The van der Waals surface area contributed by atoms with E-state index in [0.29, 0.717) is 5.57 Å². The van der Waals surface area contributed by atoms with Gasteiger partial charge in [0.1, 0.15) is 6.10 Å². The van der Waals surface area contributed by atoms with Crippen molar-refractivity contribution >= 4 is 12.0 Å². The summed E-state index contributed by atoms with van der Waals surface area (Å²) in [7, 11) is 0. The molecular formula is C14H14O2. The van der Waals surface area contributed by atoms with Crippen LogP contribution in [0, 0.1) is 5.92 Å². The molecule has 0 amide bonds. The molecule has 1 aromatic carbocycles. The first-order chi connectivity index (χ1) is 7.72. The maximum absolute atomic E-state index is 11.6. The van der Waals surface area contributed by atoms with Gasteiger partial charge in [-0.2, -0.15) is 0 Å². The van der Waals surface area contributed by atoms with Crippen molar-refractivity contribution in [2.45, 2.75) is 13.0 Å².